The molecule has 0 amide bonds. The number of anilines is 1. The van der Waals surface area contributed by atoms with Gasteiger partial charge in [0, 0.05) is 12.2 Å². The third-order valence-corrected chi connectivity index (χ3v) is 4.99. The van der Waals surface area contributed by atoms with Gasteiger partial charge in [-0.2, -0.15) is 4.31 Å². The molecule has 3 N–H and O–H groups in total. The Morgan fingerprint density at radius 1 is 1.47 bits per heavy atom. The van der Waals surface area contributed by atoms with E-state index in [1.165, 1.54) is 10.4 Å². The first-order valence-electron chi connectivity index (χ1n) is 6.03. The van der Waals surface area contributed by atoms with Crippen molar-refractivity contribution in [2.75, 3.05) is 32.1 Å². The normalized spacial score (nSPS) is 21.5. The Morgan fingerprint density at radius 3 is 2.84 bits per heavy atom. The van der Waals surface area contributed by atoms with Crippen LogP contribution in [-0.4, -0.2) is 50.2 Å². The molecule has 7 heteroatoms. The van der Waals surface area contributed by atoms with Gasteiger partial charge >= 0.3 is 0 Å². The molecule has 0 radical (unpaired) electrons. The fourth-order valence-electron chi connectivity index (χ4n) is 2.16. The molecule has 1 aromatic carbocycles. The van der Waals surface area contributed by atoms with E-state index in [0.29, 0.717) is 12.3 Å². The molecule has 19 heavy (non-hydrogen) atoms. The molecule has 1 saturated heterocycles. The van der Waals surface area contributed by atoms with Gasteiger partial charge in [-0.05, 0) is 30.7 Å². The van der Waals surface area contributed by atoms with E-state index in [1.54, 1.807) is 19.1 Å². The molecule has 1 aromatic rings. The number of aliphatic hydroxyl groups is 1. The van der Waals surface area contributed by atoms with Crippen LogP contribution in [-0.2, 0) is 14.8 Å². The molecule has 0 aromatic heterocycles. The number of sulfonamides is 1. The Balaban J connectivity index is 2.40. The zero-order valence-electron chi connectivity index (χ0n) is 10.7. The van der Waals surface area contributed by atoms with Gasteiger partial charge in [0.25, 0.3) is 0 Å². The fourth-order valence-corrected chi connectivity index (χ4v) is 3.89. The van der Waals surface area contributed by atoms with Crippen molar-refractivity contribution < 1.29 is 18.3 Å². The van der Waals surface area contributed by atoms with Crippen LogP contribution in [0.5, 0.6) is 0 Å². The van der Waals surface area contributed by atoms with Crippen LogP contribution in [0.1, 0.15) is 5.56 Å². The summed E-state index contributed by atoms with van der Waals surface area (Å²) in [6.45, 7) is 2.30. The van der Waals surface area contributed by atoms with Crippen molar-refractivity contribution >= 4 is 15.7 Å². The molecular weight excluding hydrogens is 268 g/mol. The number of aryl methyl sites for hydroxylation is 1. The van der Waals surface area contributed by atoms with Crippen molar-refractivity contribution in [2.45, 2.75) is 17.9 Å². The maximum atomic E-state index is 12.6. The smallest absolute Gasteiger partial charge is 0.243 e. The number of ether oxygens (including phenoxy) is 1. The number of benzene rings is 1. The van der Waals surface area contributed by atoms with Crippen LogP contribution in [0.25, 0.3) is 0 Å². The predicted molar refractivity (Wildman–Crippen MR) is 71.2 cm³/mol. The van der Waals surface area contributed by atoms with E-state index in [1.807, 2.05) is 0 Å². The minimum Gasteiger partial charge on any atom is -0.399 e. The van der Waals surface area contributed by atoms with Crippen molar-refractivity contribution in [1.29, 1.82) is 0 Å². The molecule has 1 atom stereocenters. The average molecular weight is 286 g/mol. The van der Waals surface area contributed by atoms with Crippen molar-refractivity contribution in [3.8, 4) is 0 Å². The standard InChI is InChI=1S/C12H18N2O4S/c1-9-4-10(13)6-12(5-9)19(16,17)14-2-3-18-8-11(14)7-15/h4-6,11,15H,2-3,7-8,13H2,1H3. The maximum absolute atomic E-state index is 12.6. The van der Waals surface area contributed by atoms with Crippen LogP contribution in [0.2, 0.25) is 0 Å². The van der Waals surface area contributed by atoms with Gasteiger partial charge in [-0.15, -0.1) is 0 Å². The molecule has 6 nitrogen and oxygen atoms in total. The molecule has 1 aliphatic heterocycles. The van der Waals surface area contributed by atoms with Crippen LogP contribution in [0, 0.1) is 6.92 Å². The highest BCUT2D eigenvalue weighted by Gasteiger charge is 2.33. The van der Waals surface area contributed by atoms with E-state index >= 15 is 0 Å². The molecule has 1 fully saturated rings. The number of nitrogen functional groups attached to an aromatic ring is 1. The van der Waals surface area contributed by atoms with Gasteiger partial charge in [0.15, 0.2) is 0 Å². The highest BCUT2D eigenvalue weighted by Crippen LogP contribution is 2.23. The molecule has 1 unspecified atom stereocenters. The van der Waals surface area contributed by atoms with Gasteiger partial charge in [0.2, 0.25) is 10.0 Å². The first kappa shape index (κ1) is 14.3. The summed E-state index contributed by atoms with van der Waals surface area (Å²) in [5.41, 5.74) is 6.89. The third-order valence-electron chi connectivity index (χ3n) is 3.06. The minimum absolute atomic E-state index is 0.158. The highest BCUT2D eigenvalue weighted by molar-refractivity contribution is 7.89. The lowest BCUT2D eigenvalue weighted by Gasteiger charge is -2.33. The molecule has 106 valence electrons. The van der Waals surface area contributed by atoms with Gasteiger partial charge in [-0.1, -0.05) is 0 Å². The van der Waals surface area contributed by atoms with Gasteiger partial charge in [-0.25, -0.2) is 8.42 Å². The summed E-state index contributed by atoms with van der Waals surface area (Å²) in [6.07, 6.45) is 0. The van der Waals surface area contributed by atoms with E-state index in [-0.39, 0.29) is 24.7 Å². The summed E-state index contributed by atoms with van der Waals surface area (Å²) in [6, 6.07) is 4.18. The number of rotatable bonds is 3. The SMILES string of the molecule is Cc1cc(N)cc(S(=O)(=O)N2CCOCC2CO)c1. The van der Waals surface area contributed by atoms with Crippen LogP contribution >= 0.6 is 0 Å². The summed E-state index contributed by atoms with van der Waals surface area (Å²) in [4.78, 5) is 0.158. The van der Waals surface area contributed by atoms with E-state index in [4.69, 9.17) is 10.5 Å². The van der Waals surface area contributed by atoms with Crippen LogP contribution < -0.4 is 5.73 Å². The van der Waals surface area contributed by atoms with Crippen LogP contribution in [0.4, 0.5) is 5.69 Å². The predicted octanol–water partition coefficient (Wildman–Crippen LogP) is -0.0410. The molecule has 0 aliphatic carbocycles. The topological polar surface area (TPSA) is 92.9 Å². The van der Waals surface area contributed by atoms with Crippen molar-refractivity contribution in [3.63, 3.8) is 0 Å². The zero-order valence-corrected chi connectivity index (χ0v) is 11.6. The lowest BCUT2D eigenvalue weighted by atomic mass is 10.2. The average Bonchev–Trinajstić information content (AvgIpc) is 2.37. The zero-order chi connectivity index (χ0) is 14.0. The number of hydrogen-bond donors (Lipinski definition) is 2. The molecule has 1 heterocycles. The lowest BCUT2D eigenvalue weighted by Crippen LogP contribution is -2.50. The van der Waals surface area contributed by atoms with Crippen molar-refractivity contribution in [2.24, 2.45) is 0 Å². The second kappa shape index (κ2) is 5.46. The second-order valence-electron chi connectivity index (χ2n) is 4.61. The summed E-state index contributed by atoms with van der Waals surface area (Å²) in [7, 11) is -3.65. The molecule has 0 saturated carbocycles. The Bertz CT molecular complexity index is 539. The van der Waals surface area contributed by atoms with Crippen molar-refractivity contribution in [1.82, 2.24) is 4.31 Å². The number of nitrogens with two attached hydrogens (primary N) is 1. The number of nitrogens with zero attached hydrogens (tertiary/aromatic N) is 1. The summed E-state index contributed by atoms with van der Waals surface area (Å²) in [5.74, 6) is 0. The number of aliphatic hydroxyl groups excluding tert-OH is 1. The van der Waals surface area contributed by atoms with E-state index in [0.717, 1.165) is 5.56 Å². The Morgan fingerprint density at radius 2 is 2.21 bits per heavy atom. The van der Waals surface area contributed by atoms with Crippen molar-refractivity contribution in [3.05, 3.63) is 23.8 Å². The number of morpholine rings is 1. The molecule has 0 spiro atoms. The minimum atomic E-state index is -3.65. The fraction of sp³-hybridized carbons (Fsp3) is 0.500. The summed E-state index contributed by atoms with van der Waals surface area (Å²) >= 11 is 0. The van der Waals surface area contributed by atoms with E-state index in [2.05, 4.69) is 0 Å². The third kappa shape index (κ3) is 2.89. The van der Waals surface area contributed by atoms with E-state index < -0.39 is 16.1 Å². The first-order chi connectivity index (χ1) is 8.95. The Kier molecular flexibility index (Phi) is 4.10. The highest BCUT2D eigenvalue weighted by atomic mass is 32.2. The summed E-state index contributed by atoms with van der Waals surface area (Å²) < 4.78 is 31.6. The second-order valence-corrected chi connectivity index (χ2v) is 6.50. The lowest BCUT2D eigenvalue weighted by molar-refractivity contribution is 0.0109. The largest absolute Gasteiger partial charge is 0.399 e. The maximum Gasteiger partial charge on any atom is 0.243 e. The van der Waals surface area contributed by atoms with Gasteiger partial charge < -0.3 is 15.6 Å². The quantitative estimate of drug-likeness (QED) is 0.761. The molecule has 0 bridgehead atoms. The van der Waals surface area contributed by atoms with Crippen LogP contribution in [0.3, 0.4) is 0 Å². The van der Waals surface area contributed by atoms with E-state index in [9.17, 15) is 13.5 Å². The Hall–Kier alpha value is -1.15. The van der Waals surface area contributed by atoms with Gasteiger partial charge in [0.1, 0.15) is 0 Å². The summed E-state index contributed by atoms with van der Waals surface area (Å²) in [5, 5.41) is 9.27. The monoisotopic (exact) mass is 286 g/mol. The molecular formula is C12H18N2O4S. The molecule has 2 rings (SSSR count). The van der Waals surface area contributed by atoms with Crippen LogP contribution in [0.15, 0.2) is 23.1 Å². The van der Waals surface area contributed by atoms with Gasteiger partial charge in [0.05, 0.1) is 30.8 Å². The first-order valence-corrected chi connectivity index (χ1v) is 7.47. The number of hydrogen-bond acceptors (Lipinski definition) is 5. The molecule has 1 aliphatic rings. The van der Waals surface area contributed by atoms with Gasteiger partial charge in [-0.3, -0.25) is 0 Å². The Labute approximate surface area is 112 Å².